The number of benzene rings is 1. The van der Waals surface area contributed by atoms with Gasteiger partial charge in [-0.25, -0.2) is 0 Å². The van der Waals surface area contributed by atoms with Crippen molar-refractivity contribution >= 4 is 22.1 Å². The number of carbonyl (C=O) groups excluding carboxylic acids is 2. The molecule has 7 nitrogen and oxygen atoms in total. The van der Waals surface area contributed by atoms with Crippen LogP contribution >= 0.6 is 0 Å². The number of hydrogen-bond donors (Lipinski definition) is 0. The summed E-state index contributed by atoms with van der Waals surface area (Å²) in [7, 11) is -3.97. The summed E-state index contributed by atoms with van der Waals surface area (Å²) in [5.41, 5.74) is 1.75. The summed E-state index contributed by atoms with van der Waals surface area (Å²) in [6, 6.07) is 6.38. The van der Waals surface area contributed by atoms with E-state index in [0.29, 0.717) is 6.42 Å². The Morgan fingerprint density at radius 2 is 1.59 bits per heavy atom. The molecule has 29 heavy (non-hydrogen) atoms. The lowest BCUT2D eigenvalue weighted by Gasteiger charge is -2.31. The Balaban J connectivity index is 2.23. The van der Waals surface area contributed by atoms with Gasteiger partial charge in [0, 0.05) is 5.92 Å². The van der Waals surface area contributed by atoms with Gasteiger partial charge >= 0.3 is 11.9 Å². The van der Waals surface area contributed by atoms with Crippen molar-refractivity contribution in [2.24, 2.45) is 11.8 Å². The minimum atomic E-state index is -3.97. The van der Waals surface area contributed by atoms with Gasteiger partial charge in [0.05, 0.1) is 24.2 Å². The number of rotatable bonds is 8. The zero-order valence-electron chi connectivity index (χ0n) is 17.2. The lowest BCUT2D eigenvalue weighted by molar-refractivity contribution is -0.164. The van der Waals surface area contributed by atoms with Crippen LogP contribution in [0.4, 0.5) is 0 Å². The Morgan fingerprint density at radius 3 is 2.10 bits per heavy atom. The summed E-state index contributed by atoms with van der Waals surface area (Å²) < 4.78 is 40.8. The van der Waals surface area contributed by atoms with Crippen LogP contribution in [-0.2, 0) is 33.4 Å². The lowest BCUT2D eigenvalue weighted by atomic mass is 9.78. The van der Waals surface area contributed by atoms with Gasteiger partial charge in [-0.05, 0) is 52.7 Å². The van der Waals surface area contributed by atoms with Crippen LogP contribution < -0.4 is 0 Å². The van der Waals surface area contributed by atoms with E-state index in [1.807, 2.05) is 6.92 Å². The lowest BCUT2D eigenvalue weighted by Crippen LogP contribution is -2.38. The average molecular weight is 425 g/mol. The van der Waals surface area contributed by atoms with Crippen LogP contribution in [0.15, 0.2) is 40.8 Å². The molecule has 160 valence electrons. The van der Waals surface area contributed by atoms with Gasteiger partial charge in [-0.15, -0.1) is 0 Å². The van der Waals surface area contributed by atoms with Crippen molar-refractivity contribution in [3.8, 4) is 0 Å². The monoisotopic (exact) mass is 424 g/mol. The van der Waals surface area contributed by atoms with Gasteiger partial charge in [0.15, 0.2) is 5.92 Å². The minimum absolute atomic E-state index is 0.0678. The molecule has 1 aromatic rings. The molecule has 0 saturated carbocycles. The van der Waals surface area contributed by atoms with Gasteiger partial charge in [-0.2, -0.15) is 8.42 Å². The van der Waals surface area contributed by atoms with E-state index in [2.05, 4.69) is 0 Å². The molecule has 0 radical (unpaired) electrons. The molecule has 1 aliphatic carbocycles. The van der Waals surface area contributed by atoms with E-state index in [0.717, 1.165) is 11.1 Å². The number of esters is 2. The Kier molecular flexibility index (Phi) is 7.98. The third-order valence-electron chi connectivity index (χ3n) is 4.86. The van der Waals surface area contributed by atoms with Gasteiger partial charge in [0.25, 0.3) is 10.1 Å². The molecular weight excluding hydrogens is 396 g/mol. The predicted octanol–water partition coefficient (Wildman–Crippen LogP) is 3.17. The van der Waals surface area contributed by atoms with E-state index >= 15 is 0 Å². The van der Waals surface area contributed by atoms with E-state index in [9.17, 15) is 18.0 Å². The highest BCUT2D eigenvalue weighted by Crippen LogP contribution is 2.35. The third-order valence-corrected chi connectivity index (χ3v) is 6.24. The topological polar surface area (TPSA) is 96.0 Å². The fraction of sp³-hybridized carbons (Fsp3) is 0.524. The zero-order chi connectivity index (χ0) is 21.6. The van der Waals surface area contributed by atoms with Crippen LogP contribution in [0.25, 0.3) is 0 Å². The molecule has 0 aromatic heterocycles. The van der Waals surface area contributed by atoms with Crippen LogP contribution in [0.2, 0.25) is 0 Å². The predicted molar refractivity (Wildman–Crippen MR) is 106 cm³/mol. The number of carbonyl (C=O) groups is 2. The van der Waals surface area contributed by atoms with Crippen LogP contribution in [0.3, 0.4) is 0 Å². The van der Waals surface area contributed by atoms with E-state index in [1.54, 1.807) is 39.0 Å². The molecule has 2 rings (SSSR count). The van der Waals surface area contributed by atoms with Crippen molar-refractivity contribution in [2.75, 3.05) is 13.2 Å². The molecule has 0 fully saturated rings. The molecule has 0 N–H and O–H groups in total. The normalized spacial score (nSPS) is 19.6. The fourth-order valence-corrected chi connectivity index (χ4v) is 4.44. The highest BCUT2D eigenvalue weighted by atomic mass is 32.2. The number of allylic oxidation sites excluding steroid dienone is 1. The SMILES string of the molecule is CCOC(=O)C(C(=O)OCC)[C@H]1C[C@H](OS(=O)(=O)c2ccc(C)cc2)CC=C1C. The highest BCUT2D eigenvalue weighted by molar-refractivity contribution is 7.86. The quantitative estimate of drug-likeness (QED) is 0.274. The summed E-state index contributed by atoms with van der Waals surface area (Å²) in [6.45, 7) is 7.24. The molecule has 0 aliphatic heterocycles. The minimum Gasteiger partial charge on any atom is -0.465 e. The Bertz CT molecular complexity index is 838. The maximum absolute atomic E-state index is 12.6. The van der Waals surface area contributed by atoms with Crippen molar-refractivity contribution in [3.05, 3.63) is 41.5 Å². The molecule has 1 aliphatic rings. The van der Waals surface area contributed by atoms with Crippen molar-refractivity contribution < 1.29 is 31.7 Å². The van der Waals surface area contributed by atoms with E-state index in [1.165, 1.54) is 12.1 Å². The molecule has 0 heterocycles. The smallest absolute Gasteiger partial charge is 0.320 e. The molecule has 2 atom stereocenters. The maximum Gasteiger partial charge on any atom is 0.320 e. The molecule has 1 aromatic carbocycles. The Labute approximate surface area is 172 Å². The summed E-state index contributed by atoms with van der Waals surface area (Å²) in [4.78, 5) is 24.9. The van der Waals surface area contributed by atoms with Crippen LogP contribution in [-0.4, -0.2) is 39.7 Å². The third kappa shape index (κ3) is 5.90. The van der Waals surface area contributed by atoms with Gasteiger partial charge in [-0.1, -0.05) is 29.3 Å². The van der Waals surface area contributed by atoms with Gasteiger partial charge in [-0.3, -0.25) is 13.8 Å². The zero-order valence-corrected chi connectivity index (χ0v) is 18.0. The van der Waals surface area contributed by atoms with E-state index in [4.69, 9.17) is 13.7 Å². The molecule has 8 heteroatoms. The van der Waals surface area contributed by atoms with E-state index in [-0.39, 0.29) is 24.5 Å². The number of aryl methyl sites for hydroxylation is 1. The van der Waals surface area contributed by atoms with Crippen molar-refractivity contribution in [1.82, 2.24) is 0 Å². The van der Waals surface area contributed by atoms with Gasteiger partial charge in [0.1, 0.15) is 0 Å². The van der Waals surface area contributed by atoms with Crippen LogP contribution in [0, 0.1) is 18.8 Å². The largest absolute Gasteiger partial charge is 0.465 e. The second kappa shape index (κ2) is 10.0. The second-order valence-electron chi connectivity index (χ2n) is 6.99. The first-order valence-electron chi connectivity index (χ1n) is 9.69. The van der Waals surface area contributed by atoms with E-state index < -0.39 is 40.0 Å². The number of hydrogen-bond acceptors (Lipinski definition) is 7. The van der Waals surface area contributed by atoms with Crippen molar-refractivity contribution in [2.45, 2.75) is 51.5 Å². The first-order valence-corrected chi connectivity index (χ1v) is 11.1. The van der Waals surface area contributed by atoms with Gasteiger partial charge in [0.2, 0.25) is 0 Å². The summed E-state index contributed by atoms with van der Waals surface area (Å²) in [6.07, 6.45) is 1.66. The van der Waals surface area contributed by atoms with Crippen molar-refractivity contribution in [1.29, 1.82) is 0 Å². The Hall–Kier alpha value is -2.19. The van der Waals surface area contributed by atoms with Crippen LogP contribution in [0.5, 0.6) is 0 Å². The molecule has 0 unspecified atom stereocenters. The number of ether oxygens (including phenoxy) is 2. The Morgan fingerprint density at radius 1 is 1.03 bits per heavy atom. The molecular formula is C21H28O7S. The molecule has 0 bridgehead atoms. The second-order valence-corrected chi connectivity index (χ2v) is 8.57. The van der Waals surface area contributed by atoms with Crippen LogP contribution in [0.1, 0.15) is 39.2 Å². The molecule has 0 spiro atoms. The first-order chi connectivity index (χ1) is 13.7. The summed E-state index contributed by atoms with van der Waals surface area (Å²) in [5, 5.41) is 0. The molecule has 0 amide bonds. The van der Waals surface area contributed by atoms with Crippen molar-refractivity contribution in [3.63, 3.8) is 0 Å². The summed E-state index contributed by atoms with van der Waals surface area (Å²) in [5.74, 6) is -3.06. The fourth-order valence-electron chi connectivity index (χ4n) is 3.34. The molecule has 0 saturated heterocycles. The standard InChI is InChI=1S/C21H28O7S/c1-5-26-20(22)19(21(23)27-6-2)18-13-16(10-9-15(18)4)28-29(24,25)17-11-7-14(3)8-12-17/h7-9,11-12,16,18-19H,5-6,10,13H2,1-4H3/t16-,18+/m1/s1. The first kappa shape index (κ1) is 23.1. The van der Waals surface area contributed by atoms with Gasteiger partial charge < -0.3 is 9.47 Å². The average Bonchev–Trinajstić information content (AvgIpc) is 2.65. The highest BCUT2D eigenvalue weighted by Gasteiger charge is 2.41. The maximum atomic E-state index is 12.6. The summed E-state index contributed by atoms with van der Waals surface area (Å²) >= 11 is 0.